The van der Waals surface area contributed by atoms with E-state index in [9.17, 15) is 0 Å². The van der Waals surface area contributed by atoms with E-state index in [0.717, 1.165) is 11.3 Å². The van der Waals surface area contributed by atoms with Gasteiger partial charge in [0.15, 0.2) is 5.76 Å². The maximum atomic E-state index is 8.85. The highest BCUT2D eigenvalue weighted by molar-refractivity contribution is 7.84. The van der Waals surface area contributed by atoms with Crippen molar-refractivity contribution >= 4 is 12.6 Å². The molecule has 1 rings (SSSR count). The summed E-state index contributed by atoms with van der Waals surface area (Å²) in [5.41, 5.74) is 0. The van der Waals surface area contributed by atoms with E-state index in [1.165, 1.54) is 6.08 Å². The zero-order valence-electron chi connectivity index (χ0n) is 4.83. The summed E-state index contributed by atoms with van der Waals surface area (Å²) in [4.78, 5) is 0.810. The molecule has 0 fully saturated rings. The van der Waals surface area contributed by atoms with E-state index in [1.54, 1.807) is 0 Å². The lowest BCUT2D eigenvalue weighted by Crippen LogP contribution is -1.94. The van der Waals surface area contributed by atoms with E-state index in [0.29, 0.717) is 6.42 Å². The Morgan fingerprint density at radius 1 is 1.33 bits per heavy atom. The van der Waals surface area contributed by atoms with Crippen molar-refractivity contribution in [2.75, 3.05) is 0 Å². The highest BCUT2D eigenvalue weighted by Crippen LogP contribution is 2.22. The highest BCUT2D eigenvalue weighted by atomic mass is 32.1. The Labute approximate surface area is 58.9 Å². The second-order valence-electron chi connectivity index (χ2n) is 1.97. The summed E-state index contributed by atoms with van der Waals surface area (Å²) in [6, 6.07) is 0. The van der Waals surface area contributed by atoms with E-state index in [4.69, 9.17) is 10.2 Å². The van der Waals surface area contributed by atoms with Gasteiger partial charge in [-0.05, 0) is 17.4 Å². The van der Waals surface area contributed by atoms with Crippen molar-refractivity contribution < 1.29 is 10.2 Å². The average molecular weight is 144 g/mol. The quantitative estimate of drug-likeness (QED) is 0.454. The second-order valence-corrected chi connectivity index (χ2v) is 2.54. The molecule has 0 spiro atoms. The first kappa shape index (κ1) is 6.55. The molecular formula is C6H8O2S. The fraction of sp³-hybridized carbons (Fsp3) is 0.333. The maximum absolute atomic E-state index is 8.85. The summed E-state index contributed by atoms with van der Waals surface area (Å²) in [6.45, 7) is 0. The van der Waals surface area contributed by atoms with Gasteiger partial charge in [-0.15, -0.1) is 12.6 Å². The molecule has 1 aliphatic rings. The van der Waals surface area contributed by atoms with Gasteiger partial charge in [-0.1, -0.05) is 0 Å². The minimum absolute atomic E-state index is 0.0498. The Morgan fingerprint density at radius 3 is 2.44 bits per heavy atom. The third-order valence-electron chi connectivity index (χ3n) is 1.22. The molecule has 0 aromatic heterocycles. The van der Waals surface area contributed by atoms with E-state index >= 15 is 0 Å². The summed E-state index contributed by atoms with van der Waals surface area (Å²) in [5.74, 6) is 0.0130. The lowest BCUT2D eigenvalue weighted by atomic mass is 10.1. The van der Waals surface area contributed by atoms with Crippen molar-refractivity contribution in [2.45, 2.75) is 12.8 Å². The lowest BCUT2D eigenvalue weighted by molar-refractivity contribution is 0.318. The number of hydrogen-bond donors (Lipinski definition) is 3. The van der Waals surface area contributed by atoms with Gasteiger partial charge in [0, 0.05) is 6.42 Å². The first-order valence-electron chi connectivity index (χ1n) is 2.71. The molecule has 0 unspecified atom stereocenters. The Bertz CT molecular complexity index is 181. The van der Waals surface area contributed by atoms with Crippen molar-refractivity contribution in [3.63, 3.8) is 0 Å². The van der Waals surface area contributed by atoms with Crippen LogP contribution in [0.15, 0.2) is 22.5 Å². The molecule has 2 N–H and O–H groups in total. The van der Waals surface area contributed by atoms with Gasteiger partial charge in [-0.2, -0.15) is 0 Å². The lowest BCUT2D eigenvalue weighted by Gasteiger charge is -2.07. The molecule has 0 saturated carbocycles. The average Bonchev–Trinajstić information content (AvgIpc) is 1.80. The second kappa shape index (κ2) is 2.35. The molecular weight excluding hydrogens is 136 g/mol. The summed E-state index contributed by atoms with van der Waals surface area (Å²) in [7, 11) is 0. The van der Waals surface area contributed by atoms with E-state index < -0.39 is 0 Å². The minimum Gasteiger partial charge on any atom is -0.508 e. The third kappa shape index (κ3) is 1.42. The monoisotopic (exact) mass is 144 g/mol. The molecule has 0 heterocycles. The zero-order valence-corrected chi connectivity index (χ0v) is 5.73. The van der Waals surface area contributed by atoms with E-state index in [1.807, 2.05) is 0 Å². The summed E-state index contributed by atoms with van der Waals surface area (Å²) < 4.78 is 0. The van der Waals surface area contributed by atoms with Crippen molar-refractivity contribution in [1.82, 2.24) is 0 Å². The van der Waals surface area contributed by atoms with Crippen LogP contribution in [0.2, 0.25) is 0 Å². The van der Waals surface area contributed by atoms with Gasteiger partial charge < -0.3 is 10.2 Å². The van der Waals surface area contributed by atoms with E-state index in [2.05, 4.69) is 12.6 Å². The minimum atomic E-state index is -0.0498. The molecule has 0 amide bonds. The van der Waals surface area contributed by atoms with Crippen LogP contribution in [0, 0.1) is 0 Å². The molecule has 2 nitrogen and oxygen atoms in total. The van der Waals surface area contributed by atoms with Crippen LogP contribution in [-0.4, -0.2) is 10.2 Å². The van der Waals surface area contributed by atoms with Crippen molar-refractivity contribution in [2.24, 2.45) is 0 Å². The number of aliphatic hydroxyl groups is 2. The summed E-state index contributed by atoms with van der Waals surface area (Å²) >= 11 is 4.02. The smallest absolute Gasteiger partial charge is 0.153 e. The van der Waals surface area contributed by atoms with Crippen LogP contribution in [0.25, 0.3) is 0 Å². The fourth-order valence-corrected chi connectivity index (χ4v) is 0.922. The van der Waals surface area contributed by atoms with Crippen LogP contribution in [0.5, 0.6) is 0 Å². The van der Waals surface area contributed by atoms with Crippen LogP contribution < -0.4 is 0 Å². The number of allylic oxidation sites excluding steroid dienone is 3. The molecule has 0 atom stereocenters. The predicted molar refractivity (Wildman–Crippen MR) is 38.6 cm³/mol. The third-order valence-corrected chi connectivity index (χ3v) is 1.57. The molecule has 3 heteroatoms. The first-order chi connectivity index (χ1) is 4.20. The van der Waals surface area contributed by atoms with Crippen LogP contribution >= 0.6 is 12.6 Å². The molecule has 1 aliphatic carbocycles. The van der Waals surface area contributed by atoms with Gasteiger partial charge in [0.1, 0.15) is 5.76 Å². The summed E-state index contributed by atoms with van der Waals surface area (Å²) in [6.07, 6.45) is 2.68. The molecule has 50 valence electrons. The summed E-state index contributed by atoms with van der Waals surface area (Å²) in [5, 5.41) is 17.7. The highest BCUT2D eigenvalue weighted by Gasteiger charge is 2.07. The van der Waals surface area contributed by atoms with Gasteiger partial charge in [-0.3, -0.25) is 0 Å². The number of aliphatic hydroxyl groups excluding tert-OH is 2. The molecule has 0 saturated heterocycles. The van der Waals surface area contributed by atoms with Crippen molar-refractivity contribution in [3.05, 3.63) is 22.5 Å². The number of thiol groups is 1. The molecule has 9 heavy (non-hydrogen) atoms. The molecule has 0 aromatic rings. The van der Waals surface area contributed by atoms with Gasteiger partial charge in [0.2, 0.25) is 0 Å². The molecule has 0 aliphatic heterocycles. The topological polar surface area (TPSA) is 40.5 Å². The SMILES string of the molecule is OC1=C(O)CCC(S)=C1. The first-order valence-corrected chi connectivity index (χ1v) is 3.15. The number of rotatable bonds is 0. The van der Waals surface area contributed by atoms with Gasteiger partial charge in [-0.25, -0.2) is 0 Å². The Hall–Kier alpha value is -0.570. The van der Waals surface area contributed by atoms with Crippen LogP contribution in [0.1, 0.15) is 12.8 Å². The Morgan fingerprint density at radius 2 is 2.00 bits per heavy atom. The standard InChI is InChI=1S/C6H8O2S/c7-5-2-1-4(9)3-6(5)8/h3,7-9H,1-2H2. The molecule has 0 bridgehead atoms. The van der Waals surface area contributed by atoms with Crippen molar-refractivity contribution in [3.8, 4) is 0 Å². The van der Waals surface area contributed by atoms with Gasteiger partial charge in [0.25, 0.3) is 0 Å². The Balaban J connectivity index is 2.83. The Kier molecular flexibility index (Phi) is 1.71. The van der Waals surface area contributed by atoms with Crippen LogP contribution in [0.4, 0.5) is 0 Å². The normalized spacial score (nSPS) is 19.9. The van der Waals surface area contributed by atoms with Crippen molar-refractivity contribution in [1.29, 1.82) is 0 Å². The zero-order chi connectivity index (χ0) is 6.85. The maximum Gasteiger partial charge on any atom is 0.153 e. The number of hydrogen-bond acceptors (Lipinski definition) is 3. The van der Waals surface area contributed by atoms with Gasteiger partial charge in [0.05, 0.1) is 0 Å². The van der Waals surface area contributed by atoms with Crippen LogP contribution in [0.3, 0.4) is 0 Å². The predicted octanol–water partition coefficient (Wildman–Crippen LogP) is 1.92. The van der Waals surface area contributed by atoms with E-state index in [-0.39, 0.29) is 11.5 Å². The molecule has 0 radical (unpaired) electrons. The fourth-order valence-electron chi connectivity index (χ4n) is 0.688. The van der Waals surface area contributed by atoms with Gasteiger partial charge >= 0.3 is 0 Å². The largest absolute Gasteiger partial charge is 0.508 e. The van der Waals surface area contributed by atoms with Crippen LogP contribution in [-0.2, 0) is 0 Å². The molecule has 0 aromatic carbocycles.